The highest BCUT2D eigenvalue weighted by Gasteiger charge is 2.35. The number of fused-ring (bicyclic) bond motifs is 1. The molecule has 0 saturated carbocycles. The number of benzene rings is 2. The van der Waals surface area contributed by atoms with Gasteiger partial charge in [-0.3, -0.25) is 4.79 Å². The first-order valence-electron chi connectivity index (χ1n) is 9.10. The van der Waals surface area contributed by atoms with Gasteiger partial charge in [-0.25, -0.2) is 4.39 Å². The number of halogens is 2. The summed E-state index contributed by atoms with van der Waals surface area (Å²) in [5.74, 6) is 0.622. The molecule has 2 aromatic carbocycles. The van der Waals surface area contributed by atoms with Gasteiger partial charge in [-0.05, 0) is 48.2 Å². The minimum atomic E-state index is -0.630. The lowest BCUT2D eigenvalue weighted by Crippen LogP contribution is -2.41. The first-order chi connectivity index (χ1) is 13.5. The van der Waals surface area contributed by atoms with Crippen LogP contribution in [0.5, 0.6) is 11.5 Å². The van der Waals surface area contributed by atoms with Crippen LogP contribution in [0.3, 0.4) is 0 Å². The van der Waals surface area contributed by atoms with Gasteiger partial charge in [-0.1, -0.05) is 23.7 Å². The van der Waals surface area contributed by atoms with E-state index in [1.54, 1.807) is 37.3 Å². The minimum absolute atomic E-state index is 0.0651. The molecule has 6 heteroatoms. The summed E-state index contributed by atoms with van der Waals surface area (Å²) in [6.07, 6.45) is 3.22. The molecular formula is C22H23ClFNO3. The van der Waals surface area contributed by atoms with Crippen molar-refractivity contribution < 1.29 is 18.7 Å². The molecule has 4 nitrogen and oxygen atoms in total. The first-order valence-corrected chi connectivity index (χ1v) is 9.48. The zero-order chi connectivity index (χ0) is 20.3. The lowest BCUT2D eigenvalue weighted by atomic mass is 9.87. The second-order valence-corrected chi connectivity index (χ2v) is 7.02. The van der Waals surface area contributed by atoms with Crippen LogP contribution < -0.4 is 9.47 Å². The molecule has 0 fully saturated rings. The molecule has 1 amide bonds. The van der Waals surface area contributed by atoms with Gasteiger partial charge in [-0.2, -0.15) is 0 Å². The molecule has 28 heavy (non-hydrogen) atoms. The molecule has 1 heterocycles. The molecule has 1 aliphatic rings. The van der Waals surface area contributed by atoms with Crippen LogP contribution in [0, 0.1) is 5.82 Å². The van der Waals surface area contributed by atoms with E-state index in [0.717, 1.165) is 11.1 Å². The van der Waals surface area contributed by atoms with E-state index in [9.17, 15) is 9.18 Å². The molecule has 0 saturated heterocycles. The molecule has 0 N–H and O–H groups in total. The predicted octanol–water partition coefficient (Wildman–Crippen LogP) is 4.94. The third kappa shape index (κ3) is 3.72. The molecule has 1 atom stereocenters. The number of allylic oxidation sites excluding steroid dienone is 1. The SMILES string of the molecule is C=CCCC(=O)N1CCc2cc(OC)c(OC)cc2C1c1c(F)cccc1Cl. The van der Waals surface area contributed by atoms with Crippen molar-refractivity contribution in [3.05, 3.63) is 70.5 Å². The van der Waals surface area contributed by atoms with Crippen LogP contribution in [-0.2, 0) is 11.2 Å². The van der Waals surface area contributed by atoms with Crippen molar-refractivity contribution in [2.75, 3.05) is 20.8 Å². The van der Waals surface area contributed by atoms with Crippen molar-refractivity contribution in [3.8, 4) is 11.5 Å². The molecule has 3 rings (SSSR count). The molecule has 0 bridgehead atoms. The molecule has 0 radical (unpaired) electrons. The number of nitrogens with zero attached hydrogens (tertiary/aromatic N) is 1. The van der Waals surface area contributed by atoms with Gasteiger partial charge in [0.1, 0.15) is 5.82 Å². The van der Waals surface area contributed by atoms with Crippen LogP contribution in [-0.4, -0.2) is 31.6 Å². The Morgan fingerprint density at radius 3 is 2.68 bits per heavy atom. The standard InChI is InChI=1S/C22H23ClFNO3/c1-4-5-9-20(26)25-11-10-14-12-18(27-2)19(28-3)13-15(14)22(25)21-16(23)7-6-8-17(21)24/h4,6-8,12-13,22H,1,5,9-11H2,2-3H3. The average Bonchev–Trinajstić information content (AvgIpc) is 2.70. The Kier molecular flexibility index (Phi) is 6.25. The maximum atomic E-state index is 14.9. The Labute approximate surface area is 169 Å². The summed E-state index contributed by atoms with van der Waals surface area (Å²) in [7, 11) is 3.12. The van der Waals surface area contributed by atoms with Crippen LogP contribution in [0.1, 0.15) is 35.6 Å². The number of amides is 1. The van der Waals surface area contributed by atoms with E-state index < -0.39 is 11.9 Å². The van der Waals surface area contributed by atoms with E-state index in [-0.39, 0.29) is 10.9 Å². The second-order valence-electron chi connectivity index (χ2n) is 6.61. The molecule has 0 spiro atoms. The molecule has 0 aliphatic carbocycles. The van der Waals surface area contributed by atoms with Crippen molar-refractivity contribution in [2.45, 2.75) is 25.3 Å². The van der Waals surface area contributed by atoms with E-state index in [1.165, 1.54) is 6.07 Å². The number of carbonyl (C=O) groups is 1. The van der Waals surface area contributed by atoms with Crippen LogP contribution in [0.2, 0.25) is 5.02 Å². The predicted molar refractivity (Wildman–Crippen MR) is 108 cm³/mol. The third-order valence-electron chi connectivity index (χ3n) is 5.03. The lowest BCUT2D eigenvalue weighted by Gasteiger charge is -2.38. The van der Waals surface area contributed by atoms with Gasteiger partial charge < -0.3 is 14.4 Å². The molecular weight excluding hydrogens is 381 g/mol. The van der Waals surface area contributed by atoms with Crippen molar-refractivity contribution in [1.82, 2.24) is 4.90 Å². The Hall–Kier alpha value is -2.53. The van der Waals surface area contributed by atoms with Crippen LogP contribution in [0.25, 0.3) is 0 Å². The van der Waals surface area contributed by atoms with E-state index in [1.807, 2.05) is 12.1 Å². The summed E-state index contributed by atoms with van der Waals surface area (Å²) in [5, 5.41) is 0.286. The summed E-state index contributed by atoms with van der Waals surface area (Å²) < 4.78 is 25.7. The smallest absolute Gasteiger partial charge is 0.223 e. The number of rotatable bonds is 6. The Morgan fingerprint density at radius 1 is 1.32 bits per heavy atom. The van der Waals surface area contributed by atoms with Gasteiger partial charge in [-0.15, -0.1) is 6.58 Å². The highest BCUT2D eigenvalue weighted by Crippen LogP contribution is 2.43. The van der Waals surface area contributed by atoms with Crippen LogP contribution in [0.15, 0.2) is 43.0 Å². The number of carbonyl (C=O) groups excluding carboxylic acids is 1. The van der Waals surface area contributed by atoms with E-state index in [0.29, 0.717) is 42.9 Å². The monoisotopic (exact) mass is 403 g/mol. The minimum Gasteiger partial charge on any atom is -0.493 e. The Balaban J connectivity index is 2.19. The van der Waals surface area contributed by atoms with E-state index in [2.05, 4.69) is 6.58 Å². The summed E-state index contributed by atoms with van der Waals surface area (Å²) in [4.78, 5) is 14.6. The summed E-state index contributed by atoms with van der Waals surface area (Å²) >= 11 is 6.39. The maximum Gasteiger partial charge on any atom is 0.223 e. The van der Waals surface area contributed by atoms with Crippen molar-refractivity contribution >= 4 is 17.5 Å². The van der Waals surface area contributed by atoms with Gasteiger partial charge in [0.25, 0.3) is 0 Å². The second kappa shape index (κ2) is 8.65. The van der Waals surface area contributed by atoms with E-state index >= 15 is 0 Å². The molecule has 148 valence electrons. The number of ether oxygens (including phenoxy) is 2. The number of hydrogen-bond acceptors (Lipinski definition) is 3. The quantitative estimate of drug-likeness (QED) is 0.641. The first kappa shape index (κ1) is 20.2. The van der Waals surface area contributed by atoms with E-state index in [4.69, 9.17) is 21.1 Å². The fourth-order valence-electron chi connectivity index (χ4n) is 3.67. The molecule has 1 unspecified atom stereocenters. The third-order valence-corrected chi connectivity index (χ3v) is 5.36. The zero-order valence-electron chi connectivity index (χ0n) is 16.0. The topological polar surface area (TPSA) is 38.8 Å². The van der Waals surface area contributed by atoms with Gasteiger partial charge in [0.2, 0.25) is 5.91 Å². The lowest BCUT2D eigenvalue weighted by molar-refractivity contribution is -0.133. The Morgan fingerprint density at radius 2 is 2.04 bits per heavy atom. The Bertz CT molecular complexity index is 879. The summed E-state index contributed by atoms with van der Waals surface area (Å²) in [6.45, 7) is 4.14. The number of hydrogen-bond donors (Lipinski definition) is 0. The van der Waals surface area contributed by atoms with Crippen molar-refractivity contribution in [1.29, 1.82) is 0 Å². The fourth-order valence-corrected chi connectivity index (χ4v) is 3.93. The van der Waals surface area contributed by atoms with Crippen LogP contribution >= 0.6 is 11.6 Å². The maximum absolute atomic E-state index is 14.9. The normalized spacial score (nSPS) is 15.7. The highest BCUT2D eigenvalue weighted by atomic mass is 35.5. The highest BCUT2D eigenvalue weighted by molar-refractivity contribution is 6.31. The summed E-state index contributed by atoms with van der Waals surface area (Å²) in [5.41, 5.74) is 2.07. The van der Waals surface area contributed by atoms with Gasteiger partial charge in [0.05, 0.1) is 20.3 Å². The van der Waals surface area contributed by atoms with Crippen molar-refractivity contribution in [2.24, 2.45) is 0 Å². The molecule has 1 aliphatic heterocycles. The van der Waals surface area contributed by atoms with Gasteiger partial charge >= 0.3 is 0 Å². The van der Waals surface area contributed by atoms with Crippen LogP contribution in [0.4, 0.5) is 4.39 Å². The molecule has 2 aromatic rings. The van der Waals surface area contributed by atoms with Crippen molar-refractivity contribution in [3.63, 3.8) is 0 Å². The zero-order valence-corrected chi connectivity index (χ0v) is 16.8. The number of methoxy groups -OCH3 is 2. The van der Waals surface area contributed by atoms with Gasteiger partial charge in [0, 0.05) is 23.6 Å². The average molecular weight is 404 g/mol. The largest absolute Gasteiger partial charge is 0.493 e. The summed E-state index contributed by atoms with van der Waals surface area (Å²) in [6, 6.07) is 7.64. The fraction of sp³-hybridized carbons (Fsp3) is 0.318. The van der Waals surface area contributed by atoms with Gasteiger partial charge in [0.15, 0.2) is 11.5 Å². The molecule has 0 aromatic heterocycles.